The van der Waals surface area contributed by atoms with Crippen LogP contribution in [-0.2, 0) is 6.61 Å². The van der Waals surface area contributed by atoms with Gasteiger partial charge in [-0.05, 0) is 32.0 Å². The SMILES string of the molecule is CC(C)Oc1ccc(F)cc1CO. The van der Waals surface area contributed by atoms with Crippen LogP contribution in [0.1, 0.15) is 19.4 Å². The number of hydrogen-bond donors (Lipinski definition) is 1. The maximum absolute atomic E-state index is 12.7. The van der Waals surface area contributed by atoms with E-state index in [1.54, 1.807) is 0 Å². The van der Waals surface area contributed by atoms with Crippen molar-refractivity contribution in [2.75, 3.05) is 0 Å². The Hall–Kier alpha value is -1.09. The molecule has 0 amide bonds. The monoisotopic (exact) mass is 184 g/mol. The van der Waals surface area contributed by atoms with Crippen LogP contribution in [0.25, 0.3) is 0 Å². The van der Waals surface area contributed by atoms with Gasteiger partial charge in [0.1, 0.15) is 11.6 Å². The first-order valence-corrected chi connectivity index (χ1v) is 4.19. The van der Waals surface area contributed by atoms with Gasteiger partial charge in [0.25, 0.3) is 0 Å². The van der Waals surface area contributed by atoms with Crippen LogP contribution in [0.3, 0.4) is 0 Å². The van der Waals surface area contributed by atoms with Crippen molar-refractivity contribution in [2.24, 2.45) is 0 Å². The van der Waals surface area contributed by atoms with E-state index in [0.717, 1.165) is 0 Å². The lowest BCUT2D eigenvalue weighted by atomic mass is 10.2. The minimum Gasteiger partial charge on any atom is -0.491 e. The molecular formula is C10H13FO2. The highest BCUT2D eigenvalue weighted by molar-refractivity contribution is 5.33. The fourth-order valence-corrected chi connectivity index (χ4v) is 1.04. The molecule has 1 aromatic carbocycles. The molecule has 0 heterocycles. The maximum atomic E-state index is 12.7. The van der Waals surface area contributed by atoms with Crippen LogP contribution < -0.4 is 4.74 Å². The Morgan fingerprint density at radius 1 is 1.46 bits per heavy atom. The molecule has 1 rings (SSSR count). The largest absolute Gasteiger partial charge is 0.491 e. The lowest BCUT2D eigenvalue weighted by Gasteiger charge is -2.12. The molecule has 2 nitrogen and oxygen atoms in total. The summed E-state index contributed by atoms with van der Waals surface area (Å²) in [7, 11) is 0. The van der Waals surface area contributed by atoms with Crippen molar-refractivity contribution in [3.8, 4) is 5.75 Å². The van der Waals surface area contributed by atoms with Crippen LogP contribution in [0.4, 0.5) is 4.39 Å². The van der Waals surface area contributed by atoms with E-state index in [0.29, 0.717) is 11.3 Å². The van der Waals surface area contributed by atoms with Crippen LogP contribution in [0.2, 0.25) is 0 Å². The van der Waals surface area contributed by atoms with Gasteiger partial charge in [0, 0.05) is 5.56 Å². The van der Waals surface area contributed by atoms with Gasteiger partial charge < -0.3 is 9.84 Å². The number of benzene rings is 1. The highest BCUT2D eigenvalue weighted by Crippen LogP contribution is 2.20. The molecule has 0 aromatic heterocycles. The summed E-state index contributed by atoms with van der Waals surface area (Å²) >= 11 is 0. The smallest absolute Gasteiger partial charge is 0.125 e. The van der Waals surface area contributed by atoms with E-state index in [9.17, 15) is 4.39 Å². The molecule has 72 valence electrons. The van der Waals surface area contributed by atoms with Crippen molar-refractivity contribution >= 4 is 0 Å². The normalized spacial score (nSPS) is 10.5. The molecule has 0 unspecified atom stereocenters. The molecule has 0 radical (unpaired) electrons. The fourth-order valence-electron chi connectivity index (χ4n) is 1.04. The van der Waals surface area contributed by atoms with E-state index >= 15 is 0 Å². The van der Waals surface area contributed by atoms with E-state index in [1.807, 2.05) is 13.8 Å². The zero-order chi connectivity index (χ0) is 9.84. The summed E-state index contributed by atoms with van der Waals surface area (Å²) in [6.45, 7) is 3.55. The Bertz CT molecular complexity index is 284. The third-order valence-corrected chi connectivity index (χ3v) is 1.56. The van der Waals surface area contributed by atoms with Gasteiger partial charge in [-0.15, -0.1) is 0 Å². The second-order valence-corrected chi connectivity index (χ2v) is 3.08. The summed E-state index contributed by atoms with van der Waals surface area (Å²) in [5.74, 6) is 0.180. The van der Waals surface area contributed by atoms with E-state index in [2.05, 4.69) is 0 Å². The first-order valence-electron chi connectivity index (χ1n) is 4.19. The van der Waals surface area contributed by atoms with E-state index in [-0.39, 0.29) is 18.5 Å². The molecule has 0 bridgehead atoms. The van der Waals surface area contributed by atoms with E-state index in [1.165, 1.54) is 18.2 Å². The van der Waals surface area contributed by atoms with Gasteiger partial charge in [-0.2, -0.15) is 0 Å². The number of ether oxygens (including phenoxy) is 1. The van der Waals surface area contributed by atoms with Gasteiger partial charge in [0.15, 0.2) is 0 Å². The fraction of sp³-hybridized carbons (Fsp3) is 0.400. The quantitative estimate of drug-likeness (QED) is 0.779. The van der Waals surface area contributed by atoms with E-state index < -0.39 is 0 Å². The zero-order valence-electron chi connectivity index (χ0n) is 7.75. The van der Waals surface area contributed by atoms with E-state index in [4.69, 9.17) is 9.84 Å². The molecule has 0 aliphatic heterocycles. The van der Waals surface area contributed by atoms with Crippen LogP contribution in [-0.4, -0.2) is 11.2 Å². The average molecular weight is 184 g/mol. The predicted octanol–water partition coefficient (Wildman–Crippen LogP) is 2.11. The summed E-state index contributed by atoms with van der Waals surface area (Å²) < 4.78 is 18.1. The Balaban J connectivity index is 2.92. The molecule has 0 saturated heterocycles. The van der Waals surface area contributed by atoms with Crippen LogP contribution >= 0.6 is 0 Å². The van der Waals surface area contributed by atoms with Gasteiger partial charge in [-0.25, -0.2) is 4.39 Å². The van der Waals surface area contributed by atoms with Crippen LogP contribution in [0.5, 0.6) is 5.75 Å². The van der Waals surface area contributed by atoms with Crippen molar-refractivity contribution in [1.82, 2.24) is 0 Å². The lowest BCUT2D eigenvalue weighted by molar-refractivity contribution is 0.225. The predicted molar refractivity (Wildman–Crippen MR) is 48.1 cm³/mol. The molecular weight excluding hydrogens is 171 g/mol. The molecule has 13 heavy (non-hydrogen) atoms. The molecule has 3 heteroatoms. The van der Waals surface area contributed by atoms with Gasteiger partial charge >= 0.3 is 0 Å². The maximum Gasteiger partial charge on any atom is 0.125 e. The summed E-state index contributed by atoms with van der Waals surface area (Å²) in [4.78, 5) is 0. The topological polar surface area (TPSA) is 29.5 Å². The first-order chi connectivity index (χ1) is 6.13. The molecule has 0 spiro atoms. The number of aliphatic hydroxyl groups is 1. The molecule has 0 saturated carbocycles. The van der Waals surface area contributed by atoms with Crippen molar-refractivity contribution in [1.29, 1.82) is 0 Å². The summed E-state index contributed by atoms with van der Waals surface area (Å²) in [5.41, 5.74) is 0.480. The van der Waals surface area contributed by atoms with Crippen LogP contribution in [0.15, 0.2) is 18.2 Å². The number of aliphatic hydroxyl groups excluding tert-OH is 1. The standard InChI is InChI=1S/C10H13FO2/c1-7(2)13-10-4-3-9(11)5-8(10)6-12/h3-5,7,12H,6H2,1-2H3. The Morgan fingerprint density at radius 3 is 2.69 bits per heavy atom. The third-order valence-electron chi connectivity index (χ3n) is 1.56. The first kappa shape index (κ1) is 9.99. The van der Waals surface area contributed by atoms with Crippen molar-refractivity contribution in [3.63, 3.8) is 0 Å². The van der Waals surface area contributed by atoms with Crippen LogP contribution in [0, 0.1) is 5.82 Å². The molecule has 0 fully saturated rings. The minimum atomic E-state index is -0.361. The second-order valence-electron chi connectivity index (χ2n) is 3.08. The lowest BCUT2D eigenvalue weighted by Crippen LogP contribution is -2.07. The van der Waals surface area contributed by atoms with Gasteiger partial charge in [0.2, 0.25) is 0 Å². The summed E-state index contributed by atoms with van der Waals surface area (Å²) in [5, 5.41) is 8.91. The highest BCUT2D eigenvalue weighted by atomic mass is 19.1. The Morgan fingerprint density at radius 2 is 2.15 bits per heavy atom. The molecule has 0 aliphatic rings. The second kappa shape index (κ2) is 4.23. The highest BCUT2D eigenvalue weighted by Gasteiger charge is 2.05. The molecule has 0 aliphatic carbocycles. The summed E-state index contributed by atoms with van der Waals surface area (Å²) in [6, 6.07) is 4.12. The van der Waals surface area contributed by atoms with Gasteiger partial charge in [-0.1, -0.05) is 0 Å². The van der Waals surface area contributed by atoms with Gasteiger partial charge in [0.05, 0.1) is 12.7 Å². The average Bonchev–Trinajstić information content (AvgIpc) is 2.07. The Labute approximate surface area is 77.0 Å². The third kappa shape index (κ3) is 2.70. The Kier molecular flexibility index (Phi) is 3.25. The van der Waals surface area contributed by atoms with Gasteiger partial charge in [-0.3, -0.25) is 0 Å². The number of hydrogen-bond acceptors (Lipinski definition) is 2. The molecule has 1 aromatic rings. The molecule has 1 N–H and O–H groups in total. The minimum absolute atomic E-state index is 0.0239. The number of halogens is 1. The number of rotatable bonds is 3. The molecule has 0 atom stereocenters. The van der Waals surface area contributed by atoms with Crippen molar-refractivity contribution in [3.05, 3.63) is 29.6 Å². The van der Waals surface area contributed by atoms with Crippen molar-refractivity contribution < 1.29 is 14.2 Å². The van der Waals surface area contributed by atoms with Crippen molar-refractivity contribution in [2.45, 2.75) is 26.6 Å². The zero-order valence-corrected chi connectivity index (χ0v) is 7.75. The summed E-state index contributed by atoms with van der Waals surface area (Å²) in [6.07, 6.45) is 0.0239.